The number of carbonyl (C=O) groups is 1. The summed E-state index contributed by atoms with van der Waals surface area (Å²) in [4.78, 5) is 30.5. The molecule has 146 valence electrons. The summed E-state index contributed by atoms with van der Waals surface area (Å²) < 4.78 is 0. The summed E-state index contributed by atoms with van der Waals surface area (Å²) in [6.07, 6.45) is 0.980. The van der Waals surface area contributed by atoms with Crippen LogP contribution in [0.25, 0.3) is 10.3 Å². The lowest BCUT2D eigenvalue weighted by Crippen LogP contribution is -2.55. The Labute approximate surface area is 167 Å². The van der Waals surface area contributed by atoms with Crippen molar-refractivity contribution in [3.63, 3.8) is 0 Å². The number of amides is 2. The van der Waals surface area contributed by atoms with E-state index in [1.165, 1.54) is 16.9 Å². The molecule has 4 rings (SSSR count). The van der Waals surface area contributed by atoms with E-state index in [-0.39, 0.29) is 18.0 Å². The first kappa shape index (κ1) is 18.4. The minimum atomic E-state index is -0.0863. The summed E-state index contributed by atoms with van der Waals surface area (Å²) in [6, 6.07) is 7.96. The van der Waals surface area contributed by atoms with E-state index in [1.54, 1.807) is 5.51 Å². The number of nitrogens with zero attached hydrogens (tertiary/aromatic N) is 5. The van der Waals surface area contributed by atoms with Gasteiger partial charge in [0.1, 0.15) is 5.52 Å². The number of fused-ring (bicyclic) bond motifs is 1. The van der Waals surface area contributed by atoms with E-state index in [0.29, 0.717) is 19.6 Å². The Bertz CT molecular complexity index is 988. The lowest BCUT2D eigenvalue weighted by atomic mass is 10.1. The number of piperazine rings is 1. The van der Waals surface area contributed by atoms with Crippen LogP contribution in [0.4, 0.5) is 22.2 Å². The predicted molar refractivity (Wildman–Crippen MR) is 113 cm³/mol. The maximum Gasteiger partial charge on any atom is 0.321 e. The number of nitrogens with one attached hydrogen (secondary N) is 1. The number of benzene rings is 1. The maximum absolute atomic E-state index is 12.7. The summed E-state index contributed by atoms with van der Waals surface area (Å²) in [6.45, 7) is 6.03. The van der Waals surface area contributed by atoms with Crippen molar-refractivity contribution in [2.75, 3.05) is 35.6 Å². The monoisotopic (exact) mass is 397 g/mol. The molecule has 3 aromatic rings. The van der Waals surface area contributed by atoms with Gasteiger partial charge in [-0.05, 0) is 31.0 Å². The first-order valence-electron chi connectivity index (χ1n) is 9.33. The first-order valence-corrected chi connectivity index (χ1v) is 10.2. The third-order valence-electron chi connectivity index (χ3n) is 5.00. The third-order valence-corrected chi connectivity index (χ3v) is 5.72. The molecule has 0 unspecified atom stereocenters. The van der Waals surface area contributed by atoms with Crippen molar-refractivity contribution in [2.45, 2.75) is 26.3 Å². The molecule has 3 N–H and O–H groups in total. The zero-order chi connectivity index (χ0) is 19.7. The number of hydrogen-bond donors (Lipinski definition) is 2. The number of carbonyl (C=O) groups excluding carboxylic acids is 1. The molecule has 0 spiro atoms. The van der Waals surface area contributed by atoms with E-state index in [9.17, 15) is 4.79 Å². The molecule has 8 nitrogen and oxygen atoms in total. The summed E-state index contributed by atoms with van der Waals surface area (Å²) in [5.41, 5.74) is 10.4. The van der Waals surface area contributed by atoms with Gasteiger partial charge in [0, 0.05) is 31.4 Å². The number of thiazole rings is 1. The quantitative estimate of drug-likeness (QED) is 0.705. The standard InChI is InChI=1S/C19H23N7OS/c1-3-13-4-6-14(7-5-13)22-19(27)25-8-9-26(12(2)10-25)16-15-17(28-11-21-15)24-18(20)23-16/h4-7,11-12H,3,8-10H2,1-2H3,(H,22,27)(H2,20,23,24)/t12-/m0/s1. The molecule has 9 heteroatoms. The Morgan fingerprint density at radius 3 is 2.79 bits per heavy atom. The minimum absolute atomic E-state index is 0.0844. The number of aromatic nitrogens is 3. The molecule has 1 atom stereocenters. The Morgan fingerprint density at radius 2 is 2.07 bits per heavy atom. The molecule has 3 heterocycles. The highest BCUT2D eigenvalue weighted by Crippen LogP contribution is 2.28. The molecule has 1 aliphatic rings. The van der Waals surface area contributed by atoms with Crippen LogP contribution in [-0.2, 0) is 6.42 Å². The van der Waals surface area contributed by atoms with Gasteiger partial charge in [-0.1, -0.05) is 19.1 Å². The van der Waals surface area contributed by atoms with E-state index in [1.807, 2.05) is 29.2 Å². The minimum Gasteiger partial charge on any atom is -0.368 e. The lowest BCUT2D eigenvalue weighted by Gasteiger charge is -2.40. The molecule has 0 saturated carbocycles. The van der Waals surface area contributed by atoms with Gasteiger partial charge in [-0.2, -0.15) is 4.98 Å². The second kappa shape index (κ2) is 7.59. The zero-order valence-corrected chi connectivity index (χ0v) is 16.7. The van der Waals surface area contributed by atoms with Crippen LogP contribution in [0, 0.1) is 0 Å². The normalized spacial score (nSPS) is 17.1. The SMILES string of the molecule is CCc1ccc(NC(=O)N2CCN(c3nc(N)nc4scnc34)[C@@H](C)C2)cc1. The van der Waals surface area contributed by atoms with E-state index in [2.05, 4.69) is 39.0 Å². The smallest absolute Gasteiger partial charge is 0.321 e. The topological polar surface area (TPSA) is 100 Å². The average Bonchev–Trinajstić information content (AvgIpc) is 3.16. The van der Waals surface area contributed by atoms with Gasteiger partial charge in [0.05, 0.1) is 5.51 Å². The summed E-state index contributed by atoms with van der Waals surface area (Å²) in [5.74, 6) is 0.987. The van der Waals surface area contributed by atoms with Gasteiger partial charge in [-0.15, -0.1) is 11.3 Å². The van der Waals surface area contributed by atoms with Crippen LogP contribution in [-0.4, -0.2) is 51.6 Å². The number of nitrogens with two attached hydrogens (primary N) is 1. The molecule has 28 heavy (non-hydrogen) atoms. The van der Waals surface area contributed by atoms with Crippen molar-refractivity contribution in [1.82, 2.24) is 19.9 Å². The number of hydrogen-bond acceptors (Lipinski definition) is 7. The first-order chi connectivity index (χ1) is 13.5. The molecule has 2 aromatic heterocycles. The molecule has 1 aliphatic heterocycles. The van der Waals surface area contributed by atoms with E-state index < -0.39 is 0 Å². The Balaban J connectivity index is 1.45. The highest BCUT2D eigenvalue weighted by Gasteiger charge is 2.29. The van der Waals surface area contributed by atoms with Crippen molar-refractivity contribution in [1.29, 1.82) is 0 Å². The fourth-order valence-corrected chi connectivity index (χ4v) is 4.11. The number of rotatable bonds is 3. The van der Waals surface area contributed by atoms with Gasteiger partial charge >= 0.3 is 6.03 Å². The number of anilines is 3. The molecule has 0 radical (unpaired) electrons. The van der Waals surface area contributed by atoms with Crippen LogP contribution in [0.5, 0.6) is 0 Å². The highest BCUT2D eigenvalue weighted by atomic mass is 32.1. The second-order valence-electron chi connectivity index (χ2n) is 6.88. The van der Waals surface area contributed by atoms with Gasteiger partial charge < -0.3 is 20.9 Å². The molecule has 1 saturated heterocycles. The van der Waals surface area contributed by atoms with Crippen LogP contribution in [0.15, 0.2) is 29.8 Å². The third kappa shape index (κ3) is 3.57. The Hall–Kier alpha value is -2.94. The fourth-order valence-electron chi connectivity index (χ4n) is 3.45. The van der Waals surface area contributed by atoms with Gasteiger partial charge in [0.2, 0.25) is 5.95 Å². The van der Waals surface area contributed by atoms with Crippen molar-refractivity contribution in [3.05, 3.63) is 35.3 Å². The van der Waals surface area contributed by atoms with Crippen LogP contribution in [0.1, 0.15) is 19.4 Å². The second-order valence-corrected chi connectivity index (χ2v) is 7.71. The summed E-state index contributed by atoms with van der Waals surface area (Å²) >= 11 is 1.45. The van der Waals surface area contributed by atoms with Crippen molar-refractivity contribution < 1.29 is 4.79 Å². The number of nitrogen functional groups attached to an aromatic ring is 1. The van der Waals surface area contributed by atoms with Gasteiger partial charge in [0.15, 0.2) is 10.6 Å². The van der Waals surface area contributed by atoms with Crippen molar-refractivity contribution in [3.8, 4) is 0 Å². The molecular formula is C19H23N7OS. The van der Waals surface area contributed by atoms with E-state index >= 15 is 0 Å². The molecule has 1 fully saturated rings. The molecule has 2 amide bonds. The summed E-state index contributed by atoms with van der Waals surface area (Å²) in [5, 5.41) is 2.98. The van der Waals surface area contributed by atoms with Crippen molar-refractivity contribution in [2.24, 2.45) is 0 Å². The van der Waals surface area contributed by atoms with Crippen molar-refractivity contribution >= 4 is 45.2 Å². The fraction of sp³-hybridized carbons (Fsp3) is 0.368. The van der Waals surface area contributed by atoms with E-state index in [4.69, 9.17) is 5.73 Å². The zero-order valence-electron chi connectivity index (χ0n) is 15.9. The van der Waals surface area contributed by atoms with Crippen LogP contribution >= 0.6 is 11.3 Å². The number of aryl methyl sites for hydroxylation is 1. The molecule has 0 bridgehead atoms. The van der Waals surface area contributed by atoms with Gasteiger partial charge in [-0.3, -0.25) is 0 Å². The van der Waals surface area contributed by atoms with Crippen LogP contribution in [0.3, 0.4) is 0 Å². The average molecular weight is 398 g/mol. The van der Waals surface area contributed by atoms with Gasteiger partial charge in [0.25, 0.3) is 0 Å². The summed E-state index contributed by atoms with van der Waals surface area (Å²) in [7, 11) is 0. The predicted octanol–water partition coefficient (Wildman–Crippen LogP) is 2.97. The van der Waals surface area contributed by atoms with Crippen LogP contribution < -0.4 is 16.0 Å². The lowest BCUT2D eigenvalue weighted by molar-refractivity contribution is 0.200. The largest absolute Gasteiger partial charge is 0.368 e. The van der Waals surface area contributed by atoms with E-state index in [0.717, 1.165) is 28.3 Å². The molecular weight excluding hydrogens is 374 g/mol. The molecule has 0 aliphatic carbocycles. The van der Waals surface area contributed by atoms with Crippen LogP contribution in [0.2, 0.25) is 0 Å². The molecule has 1 aromatic carbocycles. The number of urea groups is 1. The Morgan fingerprint density at radius 1 is 1.29 bits per heavy atom. The Kier molecular flexibility index (Phi) is 4.99. The highest BCUT2D eigenvalue weighted by molar-refractivity contribution is 7.16. The maximum atomic E-state index is 12.7. The van der Waals surface area contributed by atoms with Gasteiger partial charge in [-0.25, -0.2) is 14.8 Å².